The first-order valence-corrected chi connectivity index (χ1v) is 9.39. The van der Waals surface area contributed by atoms with E-state index in [1.165, 1.54) is 12.1 Å². The summed E-state index contributed by atoms with van der Waals surface area (Å²) in [6, 6.07) is 12.0. The van der Waals surface area contributed by atoms with Crippen LogP contribution < -0.4 is 0 Å². The standard InChI is InChI=1S/C18H14ClF3N2O.HNO2S/c1-2-17(15-9-14(19)7-8-16(15)18(20,21)22)24-25-11-13-5-3-12(10-23)4-6-13;1-4(2)3/h3-9H,2,11H2,1H3;1H/b24-17+;. The minimum Gasteiger partial charge on any atom is -0.391 e. The van der Waals surface area contributed by atoms with E-state index in [2.05, 4.69) is 5.16 Å². The lowest BCUT2D eigenvalue weighted by atomic mass is 10.0. The Bertz CT molecular complexity index is 1010. The fraction of sp³-hybridized carbons (Fsp3) is 0.222. The number of rotatable bonds is 5. The fourth-order valence-electron chi connectivity index (χ4n) is 2.17. The third kappa shape index (κ3) is 8.33. The van der Waals surface area contributed by atoms with Gasteiger partial charge in [0.2, 0.25) is 0 Å². The normalized spacial score (nSPS) is 11.1. The van der Waals surface area contributed by atoms with Gasteiger partial charge in [0.15, 0.2) is 0 Å². The van der Waals surface area contributed by atoms with Crippen molar-refractivity contribution >= 4 is 27.8 Å². The summed E-state index contributed by atoms with van der Waals surface area (Å²) in [6.45, 7) is 1.77. The second-order valence-electron chi connectivity index (χ2n) is 5.40. The zero-order valence-electron chi connectivity index (χ0n) is 15.0. The van der Waals surface area contributed by atoms with Gasteiger partial charge >= 0.3 is 16.7 Å². The predicted molar refractivity (Wildman–Crippen MR) is 101 cm³/mol. The Balaban J connectivity index is 0.000000960. The molecule has 0 saturated heterocycles. The third-order valence-electron chi connectivity index (χ3n) is 3.42. The fourth-order valence-corrected chi connectivity index (χ4v) is 2.34. The molecule has 0 aliphatic carbocycles. The van der Waals surface area contributed by atoms with E-state index in [-0.39, 0.29) is 29.3 Å². The van der Waals surface area contributed by atoms with Crippen LogP contribution in [0.1, 0.15) is 35.6 Å². The van der Waals surface area contributed by atoms with Crippen molar-refractivity contribution in [2.45, 2.75) is 26.1 Å². The van der Waals surface area contributed by atoms with Crippen LogP contribution in [-0.4, -0.2) is 14.1 Å². The van der Waals surface area contributed by atoms with Gasteiger partial charge in [0.25, 0.3) is 0 Å². The maximum atomic E-state index is 13.2. The van der Waals surface area contributed by atoms with Gasteiger partial charge < -0.3 is 4.84 Å². The Morgan fingerprint density at radius 3 is 2.31 bits per heavy atom. The van der Waals surface area contributed by atoms with Crippen LogP contribution in [0.3, 0.4) is 0 Å². The molecule has 0 saturated carbocycles. The molecule has 0 aromatic heterocycles. The van der Waals surface area contributed by atoms with Crippen LogP contribution in [0.15, 0.2) is 47.6 Å². The van der Waals surface area contributed by atoms with Gasteiger partial charge in [-0.3, -0.25) is 0 Å². The molecule has 2 aromatic carbocycles. The van der Waals surface area contributed by atoms with E-state index in [0.29, 0.717) is 5.56 Å². The second kappa shape index (κ2) is 11.2. The highest BCUT2D eigenvalue weighted by Crippen LogP contribution is 2.34. The second-order valence-corrected chi connectivity index (χ2v) is 6.30. The molecule has 0 aliphatic heterocycles. The topological polar surface area (TPSA) is 103 Å². The number of oxime groups is 1. The molecule has 0 unspecified atom stereocenters. The molecule has 0 amide bonds. The van der Waals surface area contributed by atoms with Crippen molar-refractivity contribution in [2.24, 2.45) is 5.16 Å². The Morgan fingerprint density at radius 1 is 1.24 bits per heavy atom. The molecule has 2 aromatic rings. The highest BCUT2D eigenvalue weighted by Gasteiger charge is 2.34. The number of nitrogens with one attached hydrogen (secondary N) is 1. The molecule has 0 heterocycles. The Labute approximate surface area is 171 Å². The monoisotopic (exact) mass is 445 g/mol. The Morgan fingerprint density at radius 2 is 1.83 bits per heavy atom. The summed E-state index contributed by atoms with van der Waals surface area (Å²) in [6.07, 6.45) is -4.26. The van der Waals surface area contributed by atoms with Gasteiger partial charge in [0.1, 0.15) is 6.61 Å². The highest BCUT2D eigenvalue weighted by atomic mass is 35.5. The van der Waals surface area contributed by atoms with Gasteiger partial charge in [-0.2, -0.15) is 31.6 Å². The minimum atomic E-state index is -4.51. The van der Waals surface area contributed by atoms with E-state index >= 15 is 0 Å². The number of hydrogen-bond acceptors (Lipinski definition) is 6. The number of nitriles is 1. The van der Waals surface area contributed by atoms with E-state index in [4.69, 9.17) is 34.9 Å². The molecule has 1 N–H and O–H groups in total. The molecule has 0 bridgehead atoms. The van der Waals surface area contributed by atoms with Crippen molar-refractivity contribution in [1.29, 1.82) is 10.0 Å². The third-order valence-corrected chi connectivity index (χ3v) is 3.66. The molecule has 0 fully saturated rings. The van der Waals surface area contributed by atoms with Crippen LogP contribution >= 0.6 is 11.6 Å². The van der Waals surface area contributed by atoms with Crippen LogP contribution in [0, 0.1) is 16.1 Å². The van der Waals surface area contributed by atoms with Crippen molar-refractivity contribution < 1.29 is 26.4 Å². The zero-order chi connectivity index (χ0) is 22.0. The van der Waals surface area contributed by atoms with E-state index in [9.17, 15) is 13.2 Å². The molecule has 0 aliphatic rings. The smallest absolute Gasteiger partial charge is 0.391 e. The maximum Gasteiger partial charge on any atom is 0.417 e. The van der Waals surface area contributed by atoms with E-state index in [1.807, 2.05) is 6.07 Å². The van der Waals surface area contributed by atoms with Gasteiger partial charge in [-0.05, 0) is 42.3 Å². The molecule has 11 heteroatoms. The first kappa shape index (κ1) is 24.1. The number of alkyl halides is 3. The van der Waals surface area contributed by atoms with Crippen LogP contribution in [0.2, 0.25) is 5.02 Å². The zero-order valence-corrected chi connectivity index (χ0v) is 16.6. The summed E-state index contributed by atoms with van der Waals surface area (Å²) < 4.78 is 62.3. The van der Waals surface area contributed by atoms with Crippen molar-refractivity contribution in [1.82, 2.24) is 0 Å². The summed E-state index contributed by atoms with van der Waals surface area (Å²) in [5.41, 5.74) is 0.515. The van der Waals surface area contributed by atoms with Crippen LogP contribution in [0.5, 0.6) is 0 Å². The quantitative estimate of drug-likeness (QED) is 0.505. The average Bonchev–Trinajstić information content (AvgIpc) is 2.64. The first-order valence-electron chi connectivity index (χ1n) is 7.94. The van der Waals surface area contributed by atoms with Crippen LogP contribution in [0.25, 0.3) is 0 Å². The molecule has 6 nitrogen and oxygen atoms in total. The molecule has 2 rings (SSSR count). The summed E-state index contributed by atoms with van der Waals surface area (Å²) in [5, 5.41) is 12.8. The maximum absolute atomic E-state index is 13.2. The summed E-state index contributed by atoms with van der Waals surface area (Å²) >= 11 is 5.84. The lowest BCUT2D eigenvalue weighted by Crippen LogP contribution is -2.13. The molecule has 0 atom stereocenters. The van der Waals surface area contributed by atoms with Crippen molar-refractivity contribution in [3.8, 4) is 6.07 Å². The summed E-state index contributed by atoms with van der Waals surface area (Å²) in [5.74, 6) is 0. The van der Waals surface area contributed by atoms with Crippen molar-refractivity contribution in [3.05, 3.63) is 69.7 Å². The largest absolute Gasteiger partial charge is 0.417 e. The molecule has 154 valence electrons. The molecular weight excluding hydrogens is 431 g/mol. The van der Waals surface area contributed by atoms with Gasteiger partial charge in [0, 0.05) is 10.6 Å². The number of nitrogens with zero attached hydrogens (tertiary/aromatic N) is 2. The predicted octanol–water partition coefficient (Wildman–Crippen LogP) is 5.19. The van der Waals surface area contributed by atoms with E-state index in [0.717, 1.165) is 11.6 Å². The lowest BCUT2D eigenvalue weighted by molar-refractivity contribution is -0.137. The van der Waals surface area contributed by atoms with Gasteiger partial charge in [-0.25, -0.2) is 0 Å². The lowest BCUT2D eigenvalue weighted by Gasteiger charge is -2.14. The molecule has 29 heavy (non-hydrogen) atoms. The molecular formula is C18H15ClF3N3O3S. The van der Waals surface area contributed by atoms with Crippen molar-refractivity contribution in [2.75, 3.05) is 0 Å². The summed E-state index contributed by atoms with van der Waals surface area (Å²) in [7, 11) is -2.61. The minimum absolute atomic E-state index is 0.0805. The van der Waals surface area contributed by atoms with Gasteiger partial charge in [0.05, 0.1) is 22.9 Å². The Hall–Kier alpha value is -2.90. The van der Waals surface area contributed by atoms with E-state index < -0.39 is 22.2 Å². The number of hydrogen-bond donors (Lipinski definition) is 1. The van der Waals surface area contributed by atoms with Crippen molar-refractivity contribution in [3.63, 3.8) is 0 Å². The molecule has 0 radical (unpaired) electrons. The number of benzene rings is 2. The highest BCUT2D eigenvalue weighted by molar-refractivity contribution is 7.60. The SMILES string of the molecule is CC/C(=N\OCc1ccc(C#N)cc1)c1cc(Cl)ccc1C(F)(F)F.N=S(=O)=O. The average molecular weight is 446 g/mol. The number of halogens is 4. The van der Waals surface area contributed by atoms with Crippen LogP contribution in [-0.2, 0) is 28.1 Å². The summed E-state index contributed by atoms with van der Waals surface area (Å²) in [4.78, 5) is 5.20. The first-order chi connectivity index (χ1) is 13.6. The van der Waals surface area contributed by atoms with Crippen LogP contribution in [0.4, 0.5) is 13.2 Å². The van der Waals surface area contributed by atoms with Gasteiger partial charge in [-0.15, -0.1) is 0 Å². The Kier molecular flexibility index (Phi) is 9.31. The molecule has 0 spiro atoms. The van der Waals surface area contributed by atoms with Gasteiger partial charge in [-0.1, -0.05) is 35.8 Å². The van der Waals surface area contributed by atoms with E-state index in [1.54, 1.807) is 31.2 Å².